The molecule has 5 heteroatoms. The highest BCUT2D eigenvalue weighted by molar-refractivity contribution is 5.10. The first-order chi connectivity index (χ1) is 8.19. The summed E-state index contributed by atoms with van der Waals surface area (Å²) in [7, 11) is 1.93. The fraction of sp³-hybridized carbons (Fsp3) is 0.500. The van der Waals surface area contributed by atoms with Crippen molar-refractivity contribution < 1.29 is 4.52 Å². The van der Waals surface area contributed by atoms with Gasteiger partial charge in [0, 0.05) is 24.9 Å². The van der Waals surface area contributed by atoms with Crippen LogP contribution in [0.25, 0.3) is 0 Å². The van der Waals surface area contributed by atoms with Crippen molar-refractivity contribution in [3.8, 4) is 0 Å². The van der Waals surface area contributed by atoms with Crippen LogP contribution in [0.15, 0.2) is 23.0 Å². The van der Waals surface area contributed by atoms with Gasteiger partial charge in [0.15, 0.2) is 5.82 Å². The predicted molar refractivity (Wildman–Crippen MR) is 64.7 cm³/mol. The molecule has 0 fully saturated rings. The van der Waals surface area contributed by atoms with E-state index in [1.54, 1.807) is 0 Å². The van der Waals surface area contributed by atoms with Crippen LogP contribution in [0.5, 0.6) is 0 Å². The molecule has 0 atom stereocenters. The lowest BCUT2D eigenvalue weighted by Crippen LogP contribution is -2.04. The SMILES string of the molecule is CNCc1ccn(Cc2nc(C(C)C)no2)c1. The van der Waals surface area contributed by atoms with Crippen LogP contribution >= 0.6 is 0 Å². The van der Waals surface area contributed by atoms with Gasteiger partial charge in [-0.2, -0.15) is 4.98 Å². The molecular weight excluding hydrogens is 216 g/mol. The van der Waals surface area contributed by atoms with Crippen molar-refractivity contribution >= 4 is 0 Å². The van der Waals surface area contributed by atoms with Gasteiger partial charge in [-0.05, 0) is 18.7 Å². The van der Waals surface area contributed by atoms with Crippen molar-refractivity contribution in [1.29, 1.82) is 0 Å². The molecule has 2 aromatic rings. The highest BCUT2D eigenvalue weighted by atomic mass is 16.5. The van der Waals surface area contributed by atoms with Crippen molar-refractivity contribution in [2.24, 2.45) is 0 Å². The van der Waals surface area contributed by atoms with Gasteiger partial charge >= 0.3 is 0 Å². The summed E-state index contributed by atoms with van der Waals surface area (Å²) in [6.07, 6.45) is 4.10. The summed E-state index contributed by atoms with van der Waals surface area (Å²) in [6, 6.07) is 2.08. The monoisotopic (exact) mass is 234 g/mol. The minimum atomic E-state index is 0.303. The van der Waals surface area contributed by atoms with Crippen LogP contribution < -0.4 is 5.32 Å². The molecule has 0 aromatic carbocycles. The van der Waals surface area contributed by atoms with E-state index >= 15 is 0 Å². The molecule has 1 N–H and O–H groups in total. The molecule has 0 aliphatic carbocycles. The third-order valence-corrected chi connectivity index (χ3v) is 2.51. The maximum absolute atomic E-state index is 5.20. The zero-order valence-electron chi connectivity index (χ0n) is 10.5. The molecule has 0 amide bonds. The van der Waals surface area contributed by atoms with E-state index in [2.05, 4.69) is 41.6 Å². The fourth-order valence-electron chi connectivity index (χ4n) is 1.62. The molecule has 0 saturated carbocycles. The van der Waals surface area contributed by atoms with E-state index in [0.717, 1.165) is 12.4 Å². The van der Waals surface area contributed by atoms with Crippen LogP contribution in [0.4, 0.5) is 0 Å². The molecule has 17 heavy (non-hydrogen) atoms. The maximum Gasteiger partial charge on any atom is 0.246 e. The molecule has 0 aliphatic heterocycles. The second-order valence-corrected chi connectivity index (χ2v) is 4.42. The third-order valence-electron chi connectivity index (χ3n) is 2.51. The number of aromatic nitrogens is 3. The van der Waals surface area contributed by atoms with E-state index in [-0.39, 0.29) is 0 Å². The number of nitrogens with zero attached hydrogens (tertiary/aromatic N) is 3. The average molecular weight is 234 g/mol. The molecule has 2 aromatic heterocycles. The molecule has 0 unspecified atom stereocenters. The first kappa shape index (κ1) is 11.9. The highest BCUT2D eigenvalue weighted by Gasteiger charge is 2.09. The minimum absolute atomic E-state index is 0.303. The normalized spacial score (nSPS) is 11.3. The fourth-order valence-corrected chi connectivity index (χ4v) is 1.62. The van der Waals surface area contributed by atoms with E-state index in [1.165, 1.54) is 5.56 Å². The van der Waals surface area contributed by atoms with Gasteiger partial charge < -0.3 is 14.4 Å². The minimum Gasteiger partial charge on any atom is -0.345 e. The van der Waals surface area contributed by atoms with Gasteiger partial charge in [0.05, 0.1) is 0 Å². The Bertz CT molecular complexity index is 472. The maximum atomic E-state index is 5.20. The van der Waals surface area contributed by atoms with Crippen LogP contribution in [0.3, 0.4) is 0 Å². The third kappa shape index (κ3) is 2.94. The summed E-state index contributed by atoms with van der Waals surface area (Å²) in [4.78, 5) is 4.35. The molecule has 0 aliphatic rings. The number of nitrogens with one attached hydrogen (secondary N) is 1. The van der Waals surface area contributed by atoms with Crippen LogP contribution in [-0.2, 0) is 13.1 Å². The van der Waals surface area contributed by atoms with Gasteiger partial charge in [-0.3, -0.25) is 0 Å². The Morgan fingerprint density at radius 3 is 2.94 bits per heavy atom. The van der Waals surface area contributed by atoms with Crippen molar-refractivity contribution in [2.45, 2.75) is 32.9 Å². The van der Waals surface area contributed by atoms with Crippen molar-refractivity contribution in [2.75, 3.05) is 7.05 Å². The second-order valence-electron chi connectivity index (χ2n) is 4.42. The summed E-state index contributed by atoms with van der Waals surface area (Å²) in [6.45, 7) is 5.60. The van der Waals surface area contributed by atoms with Gasteiger partial charge in [0.25, 0.3) is 0 Å². The van der Waals surface area contributed by atoms with E-state index in [0.29, 0.717) is 18.4 Å². The van der Waals surface area contributed by atoms with Gasteiger partial charge in [-0.15, -0.1) is 0 Å². The summed E-state index contributed by atoms with van der Waals surface area (Å²) in [5, 5.41) is 7.06. The Morgan fingerprint density at radius 2 is 2.29 bits per heavy atom. The molecule has 0 saturated heterocycles. The van der Waals surface area contributed by atoms with Crippen LogP contribution in [0, 0.1) is 0 Å². The lowest BCUT2D eigenvalue weighted by atomic mass is 10.2. The van der Waals surface area contributed by atoms with E-state index in [9.17, 15) is 0 Å². The zero-order valence-corrected chi connectivity index (χ0v) is 10.5. The van der Waals surface area contributed by atoms with E-state index in [4.69, 9.17) is 4.52 Å². The number of hydrogen-bond donors (Lipinski definition) is 1. The van der Waals surface area contributed by atoms with Gasteiger partial charge in [0.2, 0.25) is 5.89 Å². The lowest BCUT2D eigenvalue weighted by molar-refractivity contribution is 0.364. The molecule has 2 heterocycles. The molecule has 5 nitrogen and oxygen atoms in total. The smallest absolute Gasteiger partial charge is 0.246 e. The second kappa shape index (κ2) is 5.14. The van der Waals surface area contributed by atoms with Gasteiger partial charge in [-0.1, -0.05) is 19.0 Å². The largest absolute Gasteiger partial charge is 0.345 e. The molecular formula is C12H18N4O. The van der Waals surface area contributed by atoms with Crippen LogP contribution in [0.2, 0.25) is 0 Å². The van der Waals surface area contributed by atoms with Crippen molar-refractivity contribution in [1.82, 2.24) is 20.0 Å². The molecule has 2 rings (SSSR count). The standard InChI is InChI=1S/C12H18N4O/c1-9(2)12-14-11(17-15-12)8-16-5-4-10(7-16)6-13-3/h4-5,7,9,13H,6,8H2,1-3H3. The van der Waals surface area contributed by atoms with Gasteiger partial charge in [0.1, 0.15) is 6.54 Å². The summed E-state index contributed by atoms with van der Waals surface area (Å²) in [5.41, 5.74) is 1.25. The molecule has 0 spiro atoms. The van der Waals surface area contributed by atoms with Gasteiger partial charge in [-0.25, -0.2) is 0 Å². The number of rotatable bonds is 5. The van der Waals surface area contributed by atoms with E-state index in [1.807, 2.05) is 17.8 Å². The first-order valence-corrected chi connectivity index (χ1v) is 5.80. The van der Waals surface area contributed by atoms with E-state index < -0.39 is 0 Å². The molecule has 92 valence electrons. The Labute approximate surface area is 101 Å². The Balaban J connectivity index is 2.03. The highest BCUT2D eigenvalue weighted by Crippen LogP contribution is 2.11. The Hall–Kier alpha value is -1.62. The predicted octanol–water partition coefficient (Wildman–Crippen LogP) is 1.76. The van der Waals surface area contributed by atoms with Crippen LogP contribution in [-0.4, -0.2) is 21.8 Å². The topological polar surface area (TPSA) is 55.9 Å². The number of hydrogen-bond acceptors (Lipinski definition) is 4. The Morgan fingerprint density at radius 1 is 1.47 bits per heavy atom. The lowest BCUT2D eigenvalue weighted by Gasteiger charge is -1.97. The van der Waals surface area contributed by atoms with Crippen molar-refractivity contribution in [3.05, 3.63) is 35.7 Å². The summed E-state index contributed by atoms with van der Waals surface area (Å²) in [5.74, 6) is 1.72. The van der Waals surface area contributed by atoms with Crippen LogP contribution in [0.1, 0.15) is 37.0 Å². The molecule has 0 radical (unpaired) electrons. The average Bonchev–Trinajstić information content (AvgIpc) is 2.89. The quantitative estimate of drug-likeness (QED) is 0.856. The summed E-state index contributed by atoms with van der Waals surface area (Å²) >= 11 is 0. The summed E-state index contributed by atoms with van der Waals surface area (Å²) < 4.78 is 7.25. The molecule has 0 bridgehead atoms. The van der Waals surface area contributed by atoms with Crippen molar-refractivity contribution in [3.63, 3.8) is 0 Å². The zero-order chi connectivity index (χ0) is 12.3. The Kier molecular flexibility index (Phi) is 3.58. The first-order valence-electron chi connectivity index (χ1n) is 5.80.